The maximum absolute atomic E-state index is 14.2. The van der Waals surface area contributed by atoms with E-state index in [9.17, 15) is 9.18 Å². The van der Waals surface area contributed by atoms with E-state index in [1.165, 1.54) is 25.8 Å². The molecule has 2 aliphatic heterocycles. The fraction of sp³-hybridized carbons (Fsp3) is 0.611. The number of carbonyl (C=O) groups excluding carboxylic acids is 1. The van der Waals surface area contributed by atoms with Crippen molar-refractivity contribution in [1.82, 2.24) is 4.90 Å². The van der Waals surface area contributed by atoms with Crippen LogP contribution in [-0.2, 0) is 4.74 Å². The van der Waals surface area contributed by atoms with E-state index in [-0.39, 0.29) is 11.6 Å². The van der Waals surface area contributed by atoms with Gasteiger partial charge < -0.3 is 9.64 Å². The van der Waals surface area contributed by atoms with Gasteiger partial charge in [0.1, 0.15) is 5.82 Å². The SMILES string of the molecule is CC(=O)c1ccc(N2CCN(CC3CCCCO3)CC2)c(F)c1. The molecule has 2 aliphatic rings. The Balaban J connectivity index is 1.55. The fourth-order valence-electron chi connectivity index (χ4n) is 3.39. The summed E-state index contributed by atoms with van der Waals surface area (Å²) in [5.74, 6) is -0.408. The molecule has 4 nitrogen and oxygen atoms in total. The predicted octanol–water partition coefficient (Wildman–Crippen LogP) is 2.72. The largest absolute Gasteiger partial charge is 0.377 e. The maximum atomic E-state index is 14.2. The highest BCUT2D eigenvalue weighted by Crippen LogP contribution is 2.23. The molecule has 1 aromatic carbocycles. The van der Waals surface area contributed by atoms with Crippen LogP contribution in [0, 0.1) is 5.82 Å². The molecule has 3 rings (SSSR count). The van der Waals surface area contributed by atoms with Gasteiger partial charge in [-0.05, 0) is 44.4 Å². The highest BCUT2D eigenvalue weighted by atomic mass is 19.1. The van der Waals surface area contributed by atoms with Crippen molar-refractivity contribution in [1.29, 1.82) is 0 Å². The Kier molecular flexibility index (Phi) is 5.28. The van der Waals surface area contributed by atoms with Crippen molar-refractivity contribution in [2.24, 2.45) is 0 Å². The first kappa shape index (κ1) is 16.4. The number of benzene rings is 1. The van der Waals surface area contributed by atoms with Crippen molar-refractivity contribution < 1.29 is 13.9 Å². The zero-order valence-corrected chi connectivity index (χ0v) is 13.8. The first-order valence-corrected chi connectivity index (χ1v) is 8.53. The third kappa shape index (κ3) is 4.09. The Bertz CT molecular complexity index is 550. The van der Waals surface area contributed by atoms with E-state index in [0.29, 0.717) is 17.4 Å². The molecule has 1 atom stereocenters. The third-order valence-corrected chi connectivity index (χ3v) is 4.80. The van der Waals surface area contributed by atoms with Crippen LogP contribution >= 0.6 is 0 Å². The first-order chi connectivity index (χ1) is 11.1. The van der Waals surface area contributed by atoms with Crippen LogP contribution in [-0.4, -0.2) is 56.1 Å². The molecule has 2 saturated heterocycles. The maximum Gasteiger partial charge on any atom is 0.159 e. The standard InChI is InChI=1S/C18H25FN2O2/c1-14(22)15-5-6-18(17(19)12-15)21-9-7-20(8-10-21)13-16-4-2-3-11-23-16/h5-6,12,16H,2-4,7-11,13H2,1H3. The second-order valence-electron chi connectivity index (χ2n) is 6.50. The lowest BCUT2D eigenvalue weighted by Gasteiger charge is -2.38. The van der Waals surface area contributed by atoms with E-state index in [1.807, 2.05) is 0 Å². The van der Waals surface area contributed by atoms with Crippen molar-refractivity contribution in [2.75, 3.05) is 44.2 Å². The topological polar surface area (TPSA) is 32.8 Å². The molecule has 2 fully saturated rings. The minimum atomic E-state index is -0.304. The molecule has 126 valence electrons. The molecule has 2 heterocycles. The van der Waals surface area contributed by atoms with Gasteiger partial charge in [-0.15, -0.1) is 0 Å². The van der Waals surface area contributed by atoms with Crippen molar-refractivity contribution in [2.45, 2.75) is 32.3 Å². The van der Waals surface area contributed by atoms with Gasteiger partial charge in [0.05, 0.1) is 11.8 Å². The van der Waals surface area contributed by atoms with Gasteiger partial charge in [0.15, 0.2) is 5.78 Å². The Labute approximate surface area is 137 Å². The number of hydrogen-bond acceptors (Lipinski definition) is 4. The molecule has 23 heavy (non-hydrogen) atoms. The summed E-state index contributed by atoms with van der Waals surface area (Å²) in [7, 11) is 0. The van der Waals surface area contributed by atoms with Crippen LogP contribution in [0.4, 0.5) is 10.1 Å². The van der Waals surface area contributed by atoms with Gasteiger partial charge in [0, 0.05) is 44.9 Å². The number of carbonyl (C=O) groups is 1. The molecule has 0 radical (unpaired) electrons. The Morgan fingerprint density at radius 1 is 1.26 bits per heavy atom. The van der Waals surface area contributed by atoms with Crippen LogP contribution < -0.4 is 4.90 Å². The normalized spacial score (nSPS) is 23.0. The van der Waals surface area contributed by atoms with Crippen LogP contribution in [0.2, 0.25) is 0 Å². The van der Waals surface area contributed by atoms with E-state index in [4.69, 9.17) is 4.74 Å². The lowest BCUT2D eigenvalue weighted by atomic mass is 10.1. The number of piperazine rings is 1. The first-order valence-electron chi connectivity index (χ1n) is 8.53. The summed E-state index contributed by atoms with van der Waals surface area (Å²) < 4.78 is 20.0. The minimum absolute atomic E-state index is 0.104. The molecule has 0 aromatic heterocycles. The number of nitrogens with zero attached hydrogens (tertiary/aromatic N) is 2. The second kappa shape index (κ2) is 7.41. The van der Waals surface area contributed by atoms with Crippen LogP contribution in [0.1, 0.15) is 36.5 Å². The number of ether oxygens (including phenoxy) is 1. The summed E-state index contributed by atoms with van der Waals surface area (Å²) in [4.78, 5) is 15.8. The quantitative estimate of drug-likeness (QED) is 0.799. The molecule has 0 N–H and O–H groups in total. The Morgan fingerprint density at radius 2 is 2.04 bits per heavy atom. The van der Waals surface area contributed by atoms with Crippen LogP contribution in [0.5, 0.6) is 0 Å². The molecule has 0 aliphatic carbocycles. The smallest absolute Gasteiger partial charge is 0.159 e. The lowest BCUT2D eigenvalue weighted by Crippen LogP contribution is -2.49. The van der Waals surface area contributed by atoms with Crippen molar-refractivity contribution in [3.63, 3.8) is 0 Å². The fourth-order valence-corrected chi connectivity index (χ4v) is 3.39. The lowest BCUT2D eigenvalue weighted by molar-refractivity contribution is -0.00646. The molecule has 0 bridgehead atoms. The summed E-state index contributed by atoms with van der Waals surface area (Å²) >= 11 is 0. The van der Waals surface area contributed by atoms with Gasteiger partial charge in [-0.25, -0.2) is 4.39 Å². The number of halogens is 1. The van der Waals surface area contributed by atoms with Gasteiger partial charge in [-0.1, -0.05) is 0 Å². The average Bonchev–Trinajstić information content (AvgIpc) is 2.56. The Hall–Kier alpha value is -1.46. The number of anilines is 1. The van der Waals surface area contributed by atoms with Crippen molar-refractivity contribution in [3.05, 3.63) is 29.6 Å². The van der Waals surface area contributed by atoms with E-state index < -0.39 is 0 Å². The summed E-state index contributed by atoms with van der Waals surface area (Å²) in [6, 6.07) is 4.79. The van der Waals surface area contributed by atoms with Gasteiger partial charge >= 0.3 is 0 Å². The summed E-state index contributed by atoms with van der Waals surface area (Å²) in [5, 5.41) is 0. The van der Waals surface area contributed by atoms with Gasteiger partial charge in [0.25, 0.3) is 0 Å². The van der Waals surface area contributed by atoms with E-state index >= 15 is 0 Å². The monoisotopic (exact) mass is 320 g/mol. The van der Waals surface area contributed by atoms with Crippen LogP contribution in [0.3, 0.4) is 0 Å². The van der Waals surface area contributed by atoms with E-state index in [2.05, 4.69) is 9.80 Å². The second-order valence-corrected chi connectivity index (χ2v) is 6.50. The number of Topliss-reactive ketones (excluding diaryl/α,β-unsaturated/α-hetero) is 1. The molecule has 0 saturated carbocycles. The summed E-state index contributed by atoms with van der Waals surface area (Å²) in [6.07, 6.45) is 3.96. The number of rotatable bonds is 4. The van der Waals surface area contributed by atoms with Crippen LogP contribution in [0.15, 0.2) is 18.2 Å². The zero-order valence-electron chi connectivity index (χ0n) is 13.8. The van der Waals surface area contributed by atoms with E-state index in [0.717, 1.165) is 45.8 Å². The van der Waals surface area contributed by atoms with Gasteiger partial charge in [0.2, 0.25) is 0 Å². The summed E-state index contributed by atoms with van der Waals surface area (Å²) in [6.45, 7) is 6.80. The van der Waals surface area contributed by atoms with Crippen LogP contribution in [0.25, 0.3) is 0 Å². The van der Waals surface area contributed by atoms with E-state index in [1.54, 1.807) is 12.1 Å². The molecule has 1 unspecified atom stereocenters. The minimum Gasteiger partial charge on any atom is -0.377 e. The number of hydrogen-bond donors (Lipinski definition) is 0. The summed E-state index contributed by atoms with van der Waals surface area (Å²) in [5.41, 5.74) is 1.03. The molecule has 0 spiro atoms. The number of ketones is 1. The zero-order chi connectivity index (χ0) is 16.2. The molecular formula is C18H25FN2O2. The molecule has 1 aromatic rings. The molecule has 0 amide bonds. The van der Waals surface area contributed by atoms with Gasteiger partial charge in [-0.2, -0.15) is 0 Å². The average molecular weight is 320 g/mol. The van der Waals surface area contributed by atoms with Crippen molar-refractivity contribution >= 4 is 11.5 Å². The highest BCUT2D eigenvalue weighted by Gasteiger charge is 2.23. The Morgan fingerprint density at radius 3 is 2.65 bits per heavy atom. The van der Waals surface area contributed by atoms with Gasteiger partial charge in [-0.3, -0.25) is 9.69 Å². The molecule has 5 heteroatoms. The third-order valence-electron chi connectivity index (χ3n) is 4.80. The molecular weight excluding hydrogens is 295 g/mol. The predicted molar refractivity (Wildman–Crippen MR) is 88.6 cm³/mol. The highest BCUT2D eigenvalue weighted by molar-refractivity contribution is 5.94. The van der Waals surface area contributed by atoms with Crippen molar-refractivity contribution in [3.8, 4) is 0 Å².